The maximum absolute atomic E-state index is 12.5. The third-order valence-corrected chi connectivity index (χ3v) is 4.29. The molecule has 1 unspecified atom stereocenters. The van der Waals surface area contributed by atoms with E-state index in [2.05, 4.69) is 0 Å². The summed E-state index contributed by atoms with van der Waals surface area (Å²) in [5.74, 6) is 0.570. The van der Waals surface area contributed by atoms with Gasteiger partial charge in [0.25, 0.3) is 0 Å². The molecule has 0 aromatic rings. The van der Waals surface area contributed by atoms with Crippen molar-refractivity contribution in [3.05, 3.63) is 23.0 Å². The molecule has 1 N–H and O–H groups in total. The second-order valence-corrected chi connectivity index (χ2v) is 6.00. The van der Waals surface area contributed by atoms with Crippen LogP contribution in [0.2, 0.25) is 0 Å². The molecule has 0 spiro atoms. The molecule has 1 fully saturated rings. The van der Waals surface area contributed by atoms with E-state index in [4.69, 9.17) is 14.2 Å². The van der Waals surface area contributed by atoms with Gasteiger partial charge in [0.05, 0.1) is 26.7 Å². The standard InChI is InChI=1S/C17H27NO5/c1-12-4-6-18(7-5-17-22-8-9-23-17)16(20)11-14(12)10-15(21-3)13(2)19/h10,13,17,19H,4-9,11H2,1-3H3/b15-10+. The molecular formula is C17H27NO5. The Bertz CT molecular complexity index is 477. The number of hydrogen-bond donors (Lipinski definition) is 1. The van der Waals surface area contributed by atoms with Gasteiger partial charge in [0.2, 0.25) is 5.91 Å². The molecule has 6 heteroatoms. The van der Waals surface area contributed by atoms with Gasteiger partial charge >= 0.3 is 0 Å². The number of methoxy groups -OCH3 is 1. The second-order valence-electron chi connectivity index (χ2n) is 6.00. The van der Waals surface area contributed by atoms with E-state index in [1.165, 1.54) is 7.11 Å². The number of allylic oxidation sites excluding steroid dienone is 1. The highest BCUT2D eigenvalue weighted by Crippen LogP contribution is 2.23. The first-order valence-corrected chi connectivity index (χ1v) is 8.14. The zero-order chi connectivity index (χ0) is 16.8. The van der Waals surface area contributed by atoms with Crippen LogP contribution in [-0.4, -0.2) is 61.7 Å². The van der Waals surface area contributed by atoms with Gasteiger partial charge in [0.15, 0.2) is 6.29 Å². The van der Waals surface area contributed by atoms with Crippen molar-refractivity contribution in [2.45, 2.75) is 45.5 Å². The summed E-state index contributed by atoms with van der Waals surface area (Å²) in [5, 5.41) is 9.68. The summed E-state index contributed by atoms with van der Waals surface area (Å²) in [7, 11) is 1.53. The van der Waals surface area contributed by atoms with Crippen molar-refractivity contribution < 1.29 is 24.1 Å². The lowest BCUT2D eigenvalue weighted by molar-refractivity contribution is -0.131. The van der Waals surface area contributed by atoms with E-state index in [1.807, 2.05) is 11.8 Å². The largest absolute Gasteiger partial charge is 0.498 e. The van der Waals surface area contributed by atoms with Crippen LogP contribution < -0.4 is 0 Å². The predicted octanol–water partition coefficient (Wildman–Crippen LogP) is 1.60. The molecule has 1 saturated heterocycles. The monoisotopic (exact) mass is 325 g/mol. The highest BCUT2D eigenvalue weighted by atomic mass is 16.7. The highest BCUT2D eigenvalue weighted by molar-refractivity contribution is 5.80. The van der Waals surface area contributed by atoms with Crippen molar-refractivity contribution >= 4 is 5.91 Å². The fourth-order valence-corrected chi connectivity index (χ4v) is 2.78. The SMILES string of the molecule is CO/C(=C/C1=C(C)CCN(CCC2OCCO2)C(=O)C1)C(C)O. The van der Waals surface area contributed by atoms with Gasteiger partial charge in [0.1, 0.15) is 11.9 Å². The molecule has 2 aliphatic heterocycles. The fourth-order valence-electron chi connectivity index (χ4n) is 2.78. The Hall–Kier alpha value is -1.37. The number of carbonyl (C=O) groups is 1. The fraction of sp³-hybridized carbons (Fsp3) is 0.706. The Morgan fingerprint density at radius 2 is 2.17 bits per heavy atom. The lowest BCUT2D eigenvalue weighted by atomic mass is 10.0. The summed E-state index contributed by atoms with van der Waals surface area (Å²) in [4.78, 5) is 14.4. The van der Waals surface area contributed by atoms with Gasteiger partial charge in [-0.2, -0.15) is 0 Å². The molecular weight excluding hydrogens is 298 g/mol. The van der Waals surface area contributed by atoms with Crippen LogP contribution in [0.1, 0.15) is 33.1 Å². The van der Waals surface area contributed by atoms with Crippen molar-refractivity contribution in [3.63, 3.8) is 0 Å². The van der Waals surface area contributed by atoms with Gasteiger partial charge < -0.3 is 24.2 Å². The molecule has 2 rings (SSSR count). The lowest BCUT2D eigenvalue weighted by Crippen LogP contribution is -2.33. The predicted molar refractivity (Wildman–Crippen MR) is 85.6 cm³/mol. The van der Waals surface area contributed by atoms with Gasteiger partial charge in [-0.3, -0.25) is 4.79 Å². The highest BCUT2D eigenvalue weighted by Gasteiger charge is 2.23. The summed E-state index contributed by atoms with van der Waals surface area (Å²) in [6.07, 6.45) is 2.78. The van der Waals surface area contributed by atoms with Crippen LogP contribution in [0.3, 0.4) is 0 Å². The van der Waals surface area contributed by atoms with Gasteiger partial charge in [-0.1, -0.05) is 5.57 Å². The van der Waals surface area contributed by atoms with Gasteiger partial charge in [-0.25, -0.2) is 0 Å². The van der Waals surface area contributed by atoms with Gasteiger partial charge in [-0.05, 0) is 31.9 Å². The number of nitrogens with zero attached hydrogens (tertiary/aromatic N) is 1. The molecule has 0 radical (unpaired) electrons. The third-order valence-electron chi connectivity index (χ3n) is 4.29. The molecule has 2 aliphatic rings. The lowest BCUT2D eigenvalue weighted by Gasteiger charge is -2.22. The zero-order valence-electron chi connectivity index (χ0n) is 14.2. The van der Waals surface area contributed by atoms with Crippen LogP contribution in [-0.2, 0) is 19.0 Å². The maximum atomic E-state index is 12.5. The number of ether oxygens (including phenoxy) is 3. The average Bonchev–Trinajstić information content (AvgIpc) is 2.99. The van der Waals surface area contributed by atoms with Crippen LogP contribution in [0.25, 0.3) is 0 Å². The minimum absolute atomic E-state index is 0.0899. The molecule has 1 amide bonds. The maximum Gasteiger partial charge on any atom is 0.227 e. The molecule has 0 bridgehead atoms. The molecule has 0 aromatic carbocycles. The van der Waals surface area contributed by atoms with Crippen molar-refractivity contribution in [1.82, 2.24) is 4.90 Å². The Morgan fingerprint density at radius 1 is 1.48 bits per heavy atom. The van der Waals surface area contributed by atoms with E-state index in [1.54, 1.807) is 13.0 Å². The molecule has 1 atom stereocenters. The first-order valence-electron chi connectivity index (χ1n) is 8.14. The van der Waals surface area contributed by atoms with Crippen molar-refractivity contribution in [2.75, 3.05) is 33.4 Å². The van der Waals surface area contributed by atoms with Crippen LogP contribution in [0, 0.1) is 0 Å². The van der Waals surface area contributed by atoms with Crippen molar-refractivity contribution in [3.8, 4) is 0 Å². The number of aliphatic hydroxyl groups excluding tert-OH is 1. The van der Waals surface area contributed by atoms with E-state index in [0.29, 0.717) is 44.9 Å². The summed E-state index contributed by atoms with van der Waals surface area (Å²) in [6, 6.07) is 0. The molecule has 0 aromatic heterocycles. The van der Waals surface area contributed by atoms with Gasteiger partial charge in [-0.15, -0.1) is 0 Å². The Balaban J connectivity index is 1.98. The molecule has 23 heavy (non-hydrogen) atoms. The first-order chi connectivity index (χ1) is 11.0. The Labute approximate surface area is 137 Å². The van der Waals surface area contributed by atoms with Crippen LogP contribution >= 0.6 is 0 Å². The zero-order valence-corrected chi connectivity index (χ0v) is 14.2. The average molecular weight is 325 g/mol. The van der Waals surface area contributed by atoms with Crippen molar-refractivity contribution in [2.24, 2.45) is 0 Å². The Morgan fingerprint density at radius 3 is 2.78 bits per heavy atom. The second kappa shape index (κ2) is 8.47. The quantitative estimate of drug-likeness (QED) is 0.751. The topological polar surface area (TPSA) is 68.2 Å². The van der Waals surface area contributed by atoms with Crippen molar-refractivity contribution in [1.29, 1.82) is 0 Å². The van der Waals surface area contributed by atoms with Crippen LogP contribution in [0.4, 0.5) is 0 Å². The minimum atomic E-state index is -0.688. The number of carbonyl (C=O) groups excluding carboxylic acids is 1. The van der Waals surface area contributed by atoms with Crippen LogP contribution in [0.5, 0.6) is 0 Å². The molecule has 0 saturated carbocycles. The summed E-state index contributed by atoms with van der Waals surface area (Å²) in [6.45, 7) is 6.28. The number of amides is 1. The van der Waals surface area contributed by atoms with Gasteiger partial charge in [0, 0.05) is 19.5 Å². The van der Waals surface area contributed by atoms with E-state index < -0.39 is 6.10 Å². The van der Waals surface area contributed by atoms with E-state index in [-0.39, 0.29) is 12.2 Å². The summed E-state index contributed by atoms with van der Waals surface area (Å²) < 4.78 is 16.0. The normalized spacial score (nSPS) is 22.5. The Kier molecular flexibility index (Phi) is 6.62. The smallest absolute Gasteiger partial charge is 0.227 e. The third kappa shape index (κ3) is 5.06. The number of rotatable bonds is 6. The number of aliphatic hydroxyl groups is 1. The molecule has 2 heterocycles. The van der Waals surface area contributed by atoms with Crippen LogP contribution in [0.15, 0.2) is 23.0 Å². The molecule has 6 nitrogen and oxygen atoms in total. The van der Waals surface area contributed by atoms with E-state index >= 15 is 0 Å². The molecule has 130 valence electrons. The summed E-state index contributed by atoms with van der Waals surface area (Å²) in [5.41, 5.74) is 2.09. The minimum Gasteiger partial charge on any atom is -0.498 e. The van der Waals surface area contributed by atoms with E-state index in [0.717, 1.165) is 17.6 Å². The molecule has 0 aliphatic carbocycles. The first kappa shape index (κ1) is 18.0. The van der Waals surface area contributed by atoms with E-state index in [9.17, 15) is 9.90 Å². The number of hydrogen-bond acceptors (Lipinski definition) is 5. The summed E-state index contributed by atoms with van der Waals surface area (Å²) >= 11 is 0.